The van der Waals surface area contributed by atoms with Crippen molar-refractivity contribution in [1.29, 1.82) is 0 Å². The fourth-order valence-electron chi connectivity index (χ4n) is 3.20. The number of carbonyl (C=O) groups is 1. The maximum absolute atomic E-state index is 12.6. The van der Waals surface area contributed by atoms with Gasteiger partial charge in [-0.3, -0.25) is 19.8 Å². The maximum Gasteiger partial charge on any atom is 0.326 e. The van der Waals surface area contributed by atoms with Crippen LogP contribution < -0.4 is 11.0 Å². The number of nitrogens with one attached hydrogen (secondary N) is 3. The first-order valence-corrected chi connectivity index (χ1v) is 9.62. The summed E-state index contributed by atoms with van der Waals surface area (Å²) in [4.78, 5) is 31.8. The molecular formula is C19H15BrN6O2. The van der Waals surface area contributed by atoms with Gasteiger partial charge < -0.3 is 4.98 Å². The van der Waals surface area contributed by atoms with Gasteiger partial charge in [0.1, 0.15) is 0 Å². The van der Waals surface area contributed by atoms with Crippen LogP contribution in [0.25, 0.3) is 22.4 Å². The molecule has 28 heavy (non-hydrogen) atoms. The lowest BCUT2D eigenvalue weighted by atomic mass is 10.2. The van der Waals surface area contributed by atoms with E-state index in [9.17, 15) is 9.59 Å². The van der Waals surface area contributed by atoms with Gasteiger partial charge >= 0.3 is 5.69 Å². The Morgan fingerprint density at radius 3 is 2.71 bits per heavy atom. The lowest BCUT2D eigenvalue weighted by Gasteiger charge is -2.03. The minimum atomic E-state index is -0.344. The van der Waals surface area contributed by atoms with E-state index in [-0.39, 0.29) is 23.6 Å². The molecule has 9 heteroatoms. The summed E-state index contributed by atoms with van der Waals surface area (Å²) in [7, 11) is 0. The van der Waals surface area contributed by atoms with Crippen molar-refractivity contribution in [1.82, 2.24) is 24.7 Å². The molecule has 2 heterocycles. The minimum Gasteiger partial charge on any atom is -0.306 e. The Labute approximate surface area is 167 Å². The number of halogens is 1. The highest BCUT2D eigenvalue weighted by molar-refractivity contribution is 9.10. The topological polar surface area (TPSA) is 108 Å². The number of fused-ring (bicyclic) bond motifs is 1. The van der Waals surface area contributed by atoms with Crippen molar-refractivity contribution in [3.8, 4) is 11.4 Å². The van der Waals surface area contributed by atoms with Crippen molar-refractivity contribution in [2.24, 2.45) is 0 Å². The molecule has 0 radical (unpaired) electrons. The zero-order valence-electron chi connectivity index (χ0n) is 14.6. The summed E-state index contributed by atoms with van der Waals surface area (Å²) in [6.45, 7) is 0. The number of H-pyrrole nitrogens is 2. The van der Waals surface area contributed by atoms with E-state index in [0.29, 0.717) is 16.9 Å². The van der Waals surface area contributed by atoms with Gasteiger partial charge in [0.15, 0.2) is 5.82 Å². The van der Waals surface area contributed by atoms with Crippen molar-refractivity contribution >= 4 is 38.8 Å². The molecule has 0 unspecified atom stereocenters. The molecule has 8 nitrogen and oxygen atoms in total. The molecule has 1 aliphatic carbocycles. The Bertz CT molecular complexity index is 1250. The first kappa shape index (κ1) is 16.9. The number of hydrogen-bond donors (Lipinski definition) is 3. The van der Waals surface area contributed by atoms with E-state index >= 15 is 0 Å². The molecule has 0 aliphatic heterocycles. The molecule has 1 fully saturated rings. The molecule has 0 bridgehead atoms. The van der Waals surface area contributed by atoms with Gasteiger partial charge in [-0.1, -0.05) is 28.1 Å². The van der Waals surface area contributed by atoms with Gasteiger partial charge in [-0.15, -0.1) is 5.10 Å². The van der Waals surface area contributed by atoms with Gasteiger partial charge in [0, 0.05) is 21.6 Å². The van der Waals surface area contributed by atoms with E-state index in [2.05, 4.69) is 41.4 Å². The number of imidazole rings is 1. The summed E-state index contributed by atoms with van der Waals surface area (Å²) in [5.74, 6) is 0.402. The van der Waals surface area contributed by atoms with E-state index in [0.717, 1.165) is 28.4 Å². The Hall–Kier alpha value is -3.20. The van der Waals surface area contributed by atoms with Gasteiger partial charge in [-0.25, -0.2) is 4.79 Å². The number of benzene rings is 2. The lowest BCUT2D eigenvalue weighted by molar-refractivity contribution is 0.102. The van der Waals surface area contributed by atoms with Crippen LogP contribution in [0.15, 0.2) is 51.7 Å². The van der Waals surface area contributed by atoms with Gasteiger partial charge in [0.2, 0.25) is 5.95 Å². The van der Waals surface area contributed by atoms with Crippen molar-refractivity contribution < 1.29 is 4.79 Å². The Morgan fingerprint density at radius 2 is 1.96 bits per heavy atom. The zero-order valence-corrected chi connectivity index (χ0v) is 16.2. The first-order chi connectivity index (χ1) is 13.6. The monoisotopic (exact) mass is 438 g/mol. The molecule has 1 aliphatic rings. The van der Waals surface area contributed by atoms with Crippen LogP contribution in [0.4, 0.5) is 5.95 Å². The summed E-state index contributed by atoms with van der Waals surface area (Å²) in [5, 5.41) is 9.55. The molecule has 3 N–H and O–H groups in total. The molecule has 0 spiro atoms. The number of anilines is 1. The third-order valence-corrected chi connectivity index (χ3v) is 5.25. The van der Waals surface area contributed by atoms with Crippen molar-refractivity contribution in [3.63, 3.8) is 0 Å². The number of carbonyl (C=O) groups excluding carboxylic acids is 1. The molecule has 1 saturated carbocycles. The highest BCUT2D eigenvalue weighted by Crippen LogP contribution is 2.35. The summed E-state index contributed by atoms with van der Waals surface area (Å²) in [5.41, 5.74) is 2.61. The van der Waals surface area contributed by atoms with Crippen LogP contribution in [0.2, 0.25) is 0 Å². The molecule has 1 amide bonds. The number of aromatic amines is 2. The normalized spacial score (nSPS) is 13.8. The molecular weight excluding hydrogens is 424 g/mol. The molecule has 2 aromatic heterocycles. The summed E-state index contributed by atoms with van der Waals surface area (Å²) >= 11 is 3.39. The Morgan fingerprint density at radius 1 is 1.18 bits per heavy atom. The quantitative estimate of drug-likeness (QED) is 0.453. The van der Waals surface area contributed by atoms with Gasteiger partial charge in [-0.2, -0.15) is 4.98 Å². The van der Waals surface area contributed by atoms with Crippen LogP contribution in [-0.4, -0.2) is 30.6 Å². The van der Waals surface area contributed by atoms with Crippen LogP contribution >= 0.6 is 15.9 Å². The van der Waals surface area contributed by atoms with E-state index in [4.69, 9.17) is 0 Å². The van der Waals surface area contributed by atoms with Crippen LogP contribution in [-0.2, 0) is 0 Å². The fourth-order valence-corrected chi connectivity index (χ4v) is 3.46. The number of nitrogens with zero attached hydrogens (tertiary/aromatic N) is 3. The predicted molar refractivity (Wildman–Crippen MR) is 108 cm³/mol. The van der Waals surface area contributed by atoms with Gasteiger partial charge in [0.25, 0.3) is 5.91 Å². The average molecular weight is 439 g/mol. The second-order valence-electron chi connectivity index (χ2n) is 6.73. The Balaban J connectivity index is 1.38. The smallest absolute Gasteiger partial charge is 0.306 e. The summed E-state index contributed by atoms with van der Waals surface area (Å²) in [6.07, 6.45) is 2.03. The average Bonchev–Trinajstić information content (AvgIpc) is 3.31. The van der Waals surface area contributed by atoms with Gasteiger partial charge in [-0.05, 0) is 43.2 Å². The number of rotatable bonds is 4. The van der Waals surface area contributed by atoms with Gasteiger partial charge in [0.05, 0.1) is 11.0 Å². The molecule has 140 valence electrons. The van der Waals surface area contributed by atoms with E-state index in [1.165, 1.54) is 0 Å². The maximum atomic E-state index is 12.6. The van der Waals surface area contributed by atoms with Crippen LogP contribution in [0.3, 0.4) is 0 Å². The first-order valence-electron chi connectivity index (χ1n) is 8.82. The standard InChI is InChI=1S/C19H15BrN6O2/c20-12-4-1-10(2-5-12)16-22-18(25-24-16)23-17(27)11-3-8-15-14(9-11)21-19(28)26(15)13-6-7-13/h1-5,8-9,13H,6-7H2,(H,21,28)(H2,22,23,24,25,27). The summed E-state index contributed by atoms with van der Waals surface area (Å²) < 4.78 is 2.73. The van der Waals surface area contributed by atoms with Crippen molar-refractivity contribution in [3.05, 3.63) is 63.0 Å². The second-order valence-corrected chi connectivity index (χ2v) is 7.65. The molecule has 2 aromatic carbocycles. The zero-order chi connectivity index (χ0) is 19.3. The van der Waals surface area contributed by atoms with Crippen molar-refractivity contribution in [2.75, 3.05) is 5.32 Å². The molecule has 4 aromatic rings. The number of hydrogen-bond acceptors (Lipinski definition) is 4. The highest BCUT2D eigenvalue weighted by atomic mass is 79.9. The van der Waals surface area contributed by atoms with Crippen LogP contribution in [0.1, 0.15) is 29.2 Å². The molecule has 5 rings (SSSR count). The van der Waals surface area contributed by atoms with E-state index < -0.39 is 0 Å². The predicted octanol–water partition coefficient (Wildman–Crippen LogP) is 3.46. The lowest BCUT2D eigenvalue weighted by Crippen LogP contribution is -2.14. The third kappa shape index (κ3) is 3.03. The highest BCUT2D eigenvalue weighted by Gasteiger charge is 2.27. The van der Waals surface area contributed by atoms with E-state index in [1.54, 1.807) is 22.8 Å². The SMILES string of the molecule is O=C(Nc1n[nH]c(-c2ccc(Br)cc2)n1)c1ccc2c(c1)[nH]c(=O)n2C1CC1. The fraction of sp³-hybridized carbons (Fsp3) is 0.158. The number of amides is 1. The van der Waals surface area contributed by atoms with Crippen LogP contribution in [0, 0.1) is 0 Å². The second kappa shape index (κ2) is 6.45. The van der Waals surface area contributed by atoms with E-state index in [1.807, 2.05) is 24.3 Å². The minimum absolute atomic E-state index is 0.136. The number of aromatic nitrogens is 5. The summed E-state index contributed by atoms with van der Waals surface area (Å²) in [6, 6.07) is 13.0. The molecule has 0 atom stereocenters. The van der Waals surface area contributed by atoms with Crippen LogP contribution in [0.5, 0.6) is 0 Å². The van der Waals surface area contributed by atoms with Crippen molar-refractivity contribution in [2.45, 2.75) is 18.9 Å². The third-order valence-electron chi connectivity index (χ3n) is 4.72. The largest absolute Gasteiger partial charge is 0.326 e. The molecule has 0 saturated heterocycles. The Kier molecular flexibility index (Phi) is 3.90.